The zero-order valence-corrected chi connectivity index (χ0v) is 20.8. The van der Waals surface area contributed by atoms with Gasteiger partial charge in [-0.15, -0.1) is 0 Å². The molecule has 2 unspecified atom stereocenters. The van der Waals surface area contributed by atoms with Gasteiger partial charge in [-0.1, -0.05) is 88.7 Å². The third-order valence-corrected chi connectivity index (χ3v) is 8.42. The van der Waals surface area contributed by atoms with E-state index < -0.39 is 17.3 Å². The van der Waals surface area contributed by atoms with Gasteiger partial charge < -0.3 is 0 Å². The number of carbonyl (C=O) groups excluding carboxylic acids is 2. The van der Waals surface area contributed by atoms with Crippen molar-refractivity contribution in [1.82, 2.24) is 0 Å². The summed E-state index contributed by atoms with van der Waals surface area (Å²) in [6, 6.07) is 33.6. The van der Waals surface area contributed by atoms with Crippen LogP contribution in [-0.4, -0.2) is 18.0 Å². The van der Waals surface area contributed by atoms with E-state index in [4.69, 9.17) is 4.99 Å². The van der Waals surface area contributed by atoms with Gasteiger partial charge in [0.2, 0.25) is 11.8 Å². The maximum atomic E-state index is 14.3. The molecule has 1 aliphatic heterocycles. The first-order valence-electron chi connectivity index (χ1n) is 12.0. The molecule has 0 spiro atoms. The highest BCUT2D eigenvalue weighted by molar-refractivity contribution is 9.10. The second-order valence-corrected chi connectivity index (χ2v) is 10.5. The highest BCUT2D eigenvalue weighted by Gasteiger charge is 2.67. The minimum Gasteiger partial charge on any atom is -0.274 e. The molecular formula is C31H21BrN2O2. The summed E-state index contributed by atoms with van der Waals surface area (Å²) in [7, 11) is 0. The summed E-state index contributed by atoms with van der Waals surface area (Å²) >= 11 is 3.53. The van der Waals surface area contributed by atoms with Gasteiger partial charge in [0.1, 0.15) is 0 Å². The summed E-state index contributed by atoms with van der Waals surface area (Å²) in [5.74, 6) is -1.53. The summed E-state index contributed by atoms with van der Waals surface area (Å²) in [5, 5.41) is 0. The Morgan fingerprint density at radius 2 is 1.39 bits per heavy atom. The molecule has 0 aromatic heterocycles. The second kappa shape index (κ2) is 7.84. The predicted octanol–water partition coefficient (Wildman–Crippen LogP) is 6.40. The van der Waals surface area contributed by atoms with Crippen LogP contribution in [0.5, 0.6) is 0 Å². The third-order valence-electron chi connectivity index (χ3n) is 7.92. The van der Waals surface area contributed by atoms with Crippen LogP contribution in [0.1, 0.15) is 28.2 Å². The Bertz CT molecular complexity index is 1530. The van der Waals surface area contributed by atoms with Gasteiger partial charge in [-0.05, 0) is 52.6 Å². The number of para-hydroxylation sites is 1. The van der Waals surface area contributed by atoms with Crippen molar-refractivity contribution in [2.75, 3.05) is 4.90 Å². The van der Waals surface area contributed by atoms with Crippen molar-refractivity contribution in [3.05, 3.63) is 130 Å². The first-order valence-corrected chi connectivity index (χ1v) is 12.8. The Morgan fingerprint density at radius 3 is 2.06 bits per heavy atom. The lowest BCUT2D eigenvalue weighted by Gasteiger charge is -2.52. The Hall–Kier alpha value is -3.83. The third kappa shape index (κ3) is 2.78. The summed E-state index contributed by atoms with van der Waals surface area (Å²) in [4.78, 5) is 34.7. The molecule has 1 saturated heterocycles. The number of aliphatic imine (C=N–C) groups is 1. The van der Waals surface area contributed by atoms with Crippen LogP contribution in [0.4, 0.5) is 11.4 Å². The largest absolute Gasteiger partial charge is 0.274 e. The molecule has 8 rings (SSSR count). The van der Waals surface area contributed by atoms with E-state index in [0.29, 0.717) is 5.69 Å². The quantitative estimate of drug-likeness (QED) is 0.226. The number of rotatable bonds is 3. The SMILES string of the molecule is O=C1C2C3c4ccccc4C(C=Nc4cccc(Br)c4)(c4ccccc43)C2C(=O)N1c1ccccc1. The predicted molar refractivity (Wildman–Crippen MR) is 144 cm³/mol. The highest BCUT2D eigenvalue weighted by atomic mass is 79.9. The molecule has 4 aromatic carbocycles. The van der Waals surface area contributed by atoms with Gasteiger partial charge in [0.05, 0.1) is 28.6 Å². The molecule has 4 aromatic rings. The molecule has 4 nitrogen and oxygen atoms in total. The summed E-state index contributed by atoms with van der Waals surface area (Å²) in [6.07, 6.45) is 1.93. The molecule has 0 saturated carbocycles. The number of halogens is 1. The lowest BCUT2D eigenvalue weighted by Crippen LogP contribution is -2.54. The van der Waals surface area contributed by atoms with Crippen molar-refractivity contribution in [1.29, 1.82) is 0 Å². The number of benzene rings is 4. The van der Waals surface area contributed by atoms with E-state index in [1.165, 1.54) is 4.90 Å². The van der Waals surface area contributed by atoms with Gasteiger partial charge in [0.15, 0.2) is 0 Å². The van der Waals surface area contributed by atoms with Crippen molar-refractivity contribution >= 4 is 45.3 Å². The fraction of sp³-hybridized carbons (Fsp3) is 0.129. The monoisotopic (exact) mass is 532 g/mol. The van der Waals surface area contributed by atoms with Crippen LogP contribution in [0, 0.1) is 11.8 Å². The number of amides is 2. The van der Waals surface area contributed by atoms with E-state index in [9.17, 15) is 9.59 Å². The zero-order valence-electron chi connectivity index (χ0n) is 19.2. The smallest absolute Gasteiger partial charge is 0.239 e. The van der Waals surface area contributed by atoms with E-state index in [1.54, 1.807) is 0 Å². The van der Waals surface area contributed by atoms with Crippen LogP contribution in [-0.2, 0) is 15.0 Å². The molecule has 36 heavy (non-hydrogen) atoms. The van der Waals surface area contributed by atoms with Crippen molar-refractivity contribution in [3.63, 3.8) is 0 Å². The fourth-order valence-electron chi connectivity index (χ4n) is 6.61. The Morgan fingerprint density at radius 1 is 0.750 bits per heavy atom. The molecule has 1 fully saturated rings. The summed E-state index contributed by atoms with van der Waals surface area (Å²) in [6.45, 7) is 0. The van der Waals surface area contributed by atoms with Crippen LogP contribution in [0.25, 0.3) is 0 Å². The molecule has 2 atom stereocenters. The normalized spacial score (nSPS) is 25.7. The maximum Gasteiger partial charge on any atom is 0.239 e. The van der Waals surface area contributed by atoms with Gasteiger partial charge in [0, 0.05) is 16.6 Å². The molecule has 0 radical (unpaired) electrons. The molecule has 2 bridgehead atoms. The Balaban J connectivity index is 1.52. The fourth-order valence-corrected chi connectivity index (χ4v) is 7.00. The van der Waals surface area contributed by atoms with Crippen LogP contribution < -0.4 is 4.90 Å². The molecule has 2 amide bonds. The molecule has 174 valence electrons. The van der Waals surface area contributed by atoms with Crippen LogP contribution in [0.3, 0.4) is 0 Å². The lowest BCUT2D eigenvalue weighted by molar-refractivity contribution is -0.122. The van der Waals surface area contributed by atoms with Crippen molar-refractivity contribution < 1.29 is 9.59 Å². The summed E-state index contributed by atoms with van der Waals surface area (Å²) < 4.78 is 0.933. The maximum absolute atomic E-state index is 14.3. The second-order valence-electron chi connectivity index (χ2n) is 9.61. The average Bonchev–Trinajstić information content (AvgIpc) is 3.19. The molecule has 4 aliphatic rings. The summed E-state index contributed by atoms with van der Waals surface area (Å²) in [5.41, 5.74) is 4.88. The highest BCUT2D eigenvalue weighted by Crippen LogP contribution is 2.63. The Labute approximate surface area is 217 Å². The van der Waals surface area contributed by atoms with Crippen LogP contribution in [0.2, 0.25) is 0 Å². The van der Waals surface area contributed by atoms with Crippen molar-refractivity contribution in [2.24, 2.45) is 16.8 Å². The van der Waals surface area contributed by atoms with E-state index >= 15 is 0 Å². The van der Waals surface area contributed by atoms with E-state index in [1.807, 2.05) is 85.1 Å². The zero-order chi connectivity index (χ0) is 24.4. The molecule has 1 heterocycles. The van der Waals surface area contributed by atoms with Crippen LogP contribution in [0.15, 0.2) is 113 Å². The number of carbonyl (C=O) groups is 2. The lowest BCUT2D eigenvalue weighted by atomic mass is 9.47. The van der Waals surface area contributed by atoms with Crippen molar-refractivity contribution in [3.8, 4) is 0 Å². The van der Waals surface area contributed by atoms with E-state index in [-0.39, 0.29) is 17.7 Å². The number of hydrogen-bond acceptors (Lipinski definition) is 3. The van der Waals surface area contributed by atoms with Gasteiger partial charge in [0.25, 0.3) is 0 Å². The number of hydrogen-bond donors (Lipinski definition) is 0. The minimum absolute atomic E-state index is 0.134. The number of imide groups is 1. The first-order chi connectivity index (χ1) is 17.6. The standard InChI is InChI=1S/C31H21BrN2O2/c32-19-9-8-10-20(17-19)33-18-31-24-15-6-4-13-22(24)26(23-14-5-7-16-25(23)31)27-28(31)30(36)34(29(27)35)21-11-2-1-3-12-21/h1-18,26-28H. The van der Waals surface area contributed by atoms with Crippen LogP contribution >= 0.6 is 15.9 Å². The average molecular weight is 533 g/mol. The van der Waals surface area contributed by atoms with Gasteiger partial charge in [-0.2, -0.15) is 0 Å². The molecule has 3 aliphatic carbocycles. The first kappa shape index (κ1) is 21.5. The minimum atomic E-state index is -0.856. The van der Waals surface area contributed by atoms with Gasteiger partial charge >= 0.3 is 0 Å². The molecule has 0 N–H and O–H groups in total. The molecular weight excluding hydrogens is 512 g/mol. The van der Waals surface area contributed by atoms with Gasteiger partial charge in [-0.25, -0.2) is 4.90 Å². The van der Waals surface area contributed by atoms with E-state index in [0.717, 1.165) is 32.4 Å². The Kier molecular flexibility index (Phi) is 4.67. The topological polar surface area (TPSA) is 49.7 Å². The van der Waals surface area contributed by atoms with E-state index in [2.05, 4.69) is 40.2 Å². The van der Waals surface area contributed by atoms with Crippen molar-refractivity contribution in [2.45, 2.75) is 11.3 Å². The number of anilines is 1. The van der Waals surface area contributed by atoms with Gasteiger partial charge in [-0.3, -0.25) is 14.6 Å². The number of nitrogens with zero attached hydrogens (tertiary/aromatic N) is 2. The molecule has 5 heteroatoms.